The van der Waals surface area contributed by atoms with Gasteiger partial charge in [0, 0.05) is 19.9 Å². The fraction of sp³-hybridized carbons (Fsp3) is 0.812. The number of nitrogens with one attached hydrogen (secondary N) is 1. The summed E-state index contributed by atoms with van der Waals surface area (Å²) in [4.78, 5) is 0. The molecule has 1 atom stereocenters. The fourth-order valence-corrected chi connectivity index (χ4v) is 3.00. The van der Waals surface area contributed by atoms with Gasteiger partial charge in [-0.2, -0.15) is 5.10 Å². The minimum atomic E-state index is 0.656. The van der Waals surface area contributed by atoms with Crippen LogP contribution in [0.1, 0.15) is 50.8 Å². The van der Waals surface area contributed by atoms with E-state index in [-0.39, 0.29) is 0 Å². The molecule has 1 saturated carbocycles. The smallest absolute Gasteiger partial charge is 0.0627 e. The van der Waals surface area contributed by atoms with Crippen LogP contribution in [0.2, 0.25) is 0 Å². The lowest BCUT2D eigenvalue weighted by molar-refractivity contribution is 0.197. The summed E-state index contributed by atoms with van der Waals surface area (Å²) in [6.07, 6.45) is 9.78. The van der Waals surface area contributed by atoms with Crippen LogP contribution >= 0.6 is 0 Å². The maximum atomic E-state index is 5.06. The first-order valence-corrected chi connectivity index (χ1v) is 8.07. The van der Waals surface area contributed by atoms with E-state index in [0.717, 1.165) is 26.1 Å². The second kappa shape index (κ2) is 8.42. The molecule has 1 fully saturated rings. The van der Waals surface area contributed by atoms with Crippen molar-refractivity contribution in [1.29, 1.82) is 0 Å². The minimum Gasteiger partial charge on any atom is -0.383 e. The number of methoxy groups -OCH3 is 1. The van der Waals surface area contributed by atoms with Crippen molar-refractivity contribution in [3.63, 3.8) is 0 Å². The van der Waals surface area contributed by atoms with Crippen molar-refractivity contribution < 1.29 is 4.74 Å². The van der Waals surface area contributed by atoms with E-state index in [2.05, 4.69) is 29.2 Å². The Morgan fingerprint density at radius 1 is 1.45 bits per heavy atom. The number of hydrogen-bond donors (Lipinski definition) is 1. The zero-order valence-electron chi connectivity index (χ0n) is 13.0. The molecule has 114 valence electrons. The van der Waals surface area contributed by atoms with Crippen molar-refractivity contribution >= 4 is 0 Å². The summed E-state index contributed by atoms with van der Waals surface area (Å²) in [5.74, 6) is 0.666. The van der Waals surface area contributed by atoms with E-state index in [1.807, 2.05) is 0 Å². The Bertz CT molecular complexity index is 372. The standard InChI is InChI=1S/C16H29N3O/c1-3-14(13-17-9-11-20-2)12-15-8-10-19(18-15)16-6-4-5-7-16/h8,10,14,16-17H,3-7,9,11-13H2,1-2H3. The Labute approximate surface area is 122 Å². The molecule has 1 aromatic heterocycles. The number of rotatable bonds is 9. The molecule has 0 spiro atoms. The van der Waals surface area contributed by atoms with Gasteiger partial charge in [0.25, 0.3) is 0 Å². The molecule has 0 radical (unpaired) electrons. The fourth-order valence-electron chi connectivity index (χ4n) is 3.00. The summed E-state index contributed by atoms with van der Waals surface area (Å²) >= 11 is 0. The summed E-state index contributed by atoms with van der Waals surface area (Å²) in [6, 6.07) is 2.86. The number of nitrogens with zero attached hydrogens (tertiary/aromatic N) is 2. The molecule has 20 heavy (non-hydrogen) atoms. The third-order valence-corrected chi connectivity index (χ3v) is 4.35. The monoisotopic (exact) mass is 279 g/mol. The van der Waals surface area contributed by atoms with Crippen LogP contribution < -0.4 is 5.32 Å². The van der Waals surface area contributed by atoms with Crippen LogP contribution in [0.3, 0.4) is 0 Å². The number of hydrogen-bond acceptors (Lipinski definition) is 3. The van der Waals surface area contributed by atoms with Gasteiger partial charge in [0.1, 0.15) is 0 Å². The second-order valence-electron chi connectivity index (χ2n) is 5.90. The van der Waals surface area contributed by atoms with E-state index in [0.29, 0.717) is 12.0 Å². The molecular formula is C16H29N3O. The van der Waals surface area contributed by atoms with E-state index in [1.165, 1.54) is 37.8 Å². The van der Waals surface area contributed by atoms with Gasteiger partial charge in [-0.25, -0.2) is 0 Å². The molecule has 1 unspecified atom stereocenters. The van der Waals surface area contributed by atoms with Gasteiger partial charge in [-0.15, -0.1) is 0 Å². The largest absolute Gasteiger partial charge is 0.383 e. The van der Waals surface area contributed by atoms with Gasteiger partial charge in [-0.1, -0.05) is 26.2 Å². The van der Waals surface area contributed by atoms with Crippen LogP contribution in [0.5, 0.6) is 0 Å². The van der Waals surface area contributed by atoms with Gasteiger partial charge in [0.15, 0.2) is 0 Å². The lowest BCUT2D eigenvalue weighted by Gasteiger charge is -2.14. The highest BCUT2D eigenvalue weighted by atomic mass is 16.5. The average molecular weight is 279 g/mol. The molecule has 1 aliphatic rings. The van der Waals surface area contributed by atoms with Crippen molar-refractivity contribution in [2.24, 2.45) is 5.92 Å². The molecule has 1 aliphatic carbocycles. The molecule has 1 N–H and O–H groups in total. The summed E-state index contributed by atoms with van der Waals surface area (Å²) in [5.41, 5.74) is 1.25. The van der Waals surface area contributed by atoms with E-state index in [4.69, 9.17) is 9.84 Å². The van der Waals surface area contributed by atoms with Crippen molar-refractivity contribution in [3.8, 4) is 0 Å². The van der Waals surface area contributed by atoms with Gasteiger partial charge in [0.05, 0.1) is 18.3 Å². The third-order valence-electron chi connectivity index (χ3n) is 4.35. The second-order valence-corrected chi connectivity index (χ2v) is 5.90. The van der Waals surface area contributed by atoms with Crippen molar-refractivity contribution in [2.45, 2.75) is 51.5 Å². The number of aromatic nitrogens is 2. The molecule has 0 aromatic carbocycles. The van der Waals surface area contributed by atoms with Gasteiger partial charge in [-0.3, -0.25) is 4.68 Å². The summed E-state index contributed by atoms with van der Waals surface area (Å²) in [6.45, 7) is 5.03. The Hall–Kier alpha value is -0.870. The minimum absolute atomic E-state index is 0.656. The van der Waals surface area contributed by atoms with Crippen LogP contribution in [-0.2, 0) is 11.2 Å². The lowest BCUT2D eigenvalue weighted by Crippen LogP contribution is -2.27. The molecule has 4 nitrogen and oxygen atoms in total. The highest BCUT2D eigenvalue weighted by Crippen LogP contribution is 2.28. The van der Waals surface area contributed by atoms with Crippen molar-refractivity contribution in [1.82, 2.24) is 15.1 Å². The highest BCUT2D eigenvalue weighted by molar-refractivity contribution is 5.01. The first kappa shape index (κ1) is 15.5. The highest BCUT2D eigenvalue weighted by Gasteiger charge is 2.18. The van der Waals surface area contributed by atoms with E-state index in [9.17, 15) is 0 Å². The third kappa shape index (κ3) is 4.60. The van der Waals surface area contributed by atoms with Crippen LogP contribution in [-0.4, -0.2) is 36.6 Å². The molecular weight excluding hydrogens is 250 g/mol. The van der Waals surface area contributed by atoms with Gasteiger partial charge in [0.2, 0.25) is 0 Å². The van der Waals surface area contributed by atoms with Crippen LogP contribution in [0, 0.1) is 5.92 Å². The Kier molecular flexibility index (Phi) is 6.54. The maximum Gasteiger partial charge on any atom is 0.0627 e. The van der Waals surface area contributed by atoms with Crippen LogP contribution in [0.25, 0.3) is 0 Å². The summed E-state index contributed by atoms with van der Waals surface area (Å²) in [5, 5.41) is 8.25. The normalized spacial score (nSPS) is 17.7. The SMILES string of the molecule is CCC(CNCCOC)Cc1ccn(C2CCCC2)n1. The van der Waals surface area contributed by atoms with E-state index in [1.54, 1.807) is 7.11 Å². The van der Waals surface area contributed by atoms with Crippen molar-refractivity contribution in [3.05, 3.63) is 18.0 Å². The molecule has 0 bridgehead atoms. The van der Waals surface area contributed by atoms with Crippen LogP contribution in [0.4, 0.5) is 0 Å². The van der Waals surface area contributed by atoms with Gasteiger partial charge >= 0.3 is 0 Å². The van der Waals surface area contributed by atoms with Gasteiger partial charge < -0.3 is 10.1 Å². The average Bonchev–Trinajstić information content (AvgIpc) is 3.12. The van der Waals surface area contributed by atoms with E-state index < -0.39 is 0 Å². The van der Waals surface area contributed by atoms with E-state index >= 15 is 0 Å². The predicted octanol–water partition coefficient (Wildman–Crippen LogP) is 2.80. The first-order chi connectivity index (χ1) is 9.83. The Morgan fingerprint density at radius 2 is 2.25 bits per heavy atom. The van der Waals surface area contributed by atoms with Gasteiger partial charge in [-0.05, 0) is 37.8 Å². The molecule has 4 heteroatoms. The lowest BCUT2D eigenvalue weighted by atomic mass is 10.0. The van der Waals surface area contributed by atoms with Crippen molar-refractivity contribution in [2.75, 3.05) is 26.8 Å². The van der Waals surface area contributed by atoms with Crippen LogP contribution in [0.15, 0.2) is 12.3 Å². The molecule has 0 amide bonds. The summed E-state index contributed by atoms with van der Waals surface area (Å²) in [7, 11) is 1.74. The summed E-state index contributed by atoms with van der Waals surface area (Å²) < 4.78 is 7.26. The Balaban J connectivity index is 1.78. The molecule has 0 saturated heterocycles. The zero-order valence-corrected chi connectivity index (χ0v) is 13.0. The number of ether oxygens (including phenoxy) is 1. The Morgan fingerprint density at radius 3 is 2.95 bits per heavy atom. The predicted molar refractivity (Wildman–Crippen MR) is 82.0 cm³/mol. The molecule has 0 aliphatic heterocycles. The molecule has 1 heterocycles. The molecule has 1 aromatic rings. The molecule has 2 rings (SSSR count). The maximum absolute atomic E-state index is 5.06. The zero-order chi connectivity index (χ0) is 14.2. The topological polar surface area (TPSA) is 39.1 Å². The quantitative estimate of drug-likeness (QED) is 0.707. The first-order valence-electron chi connectivity index (χ1n) is 8.07.